The van der Waals surface area contributed by atoms with Crippen molar-refractivity contribution in [2.24, 2.45) is 0 Å². The number of hydrogen-bond donors (Lipinski definition) is 2. The van der Waals surface area contributed by atoms with E-state index in [2.05, 4.69) is 43.5 Å². The van der Waals surface area contributed by atoms with Gasteiger partial charge in [0, 0.05) is 34.6 Å². The molecule has 33 heavy (non-hydrogen) atoms. The summed E-state index contributed by atoms with van der Waals surface area (Å²) in [5, 5.41) is 6.60. The molecule has 2 N–H and O–H groups in total. The van der Waals surface area contributed by atoms with Gasteiger partial charge in [-0.3, -0.25) is 9.59 Å². The van der Waals surface area contributed by atoms with Crippen molar-refractivity contribution >= 4 is 23.2 Å². The van der Waals surface area contributed by atoms with Crippen LogP contribution < -0.4 is 10.6 Å². The van der Waals surface area contributed by atoms with Crippen molar-refractivity contribution in [3.63, 3.8) is 0 Å². The Kier molecular flexibility index (Phi) is 6.78. The van der Waals surface area contributed by atoms with Crippen LogP contribution in [0.15, 0.2) is 66.7 Å². The molecule has 0 saturated heterocycles. The van der Waals surface area contributed by atoms with Crippen molar-refractivity contribution in [2.45, 2.75) is 46.2 Å². The Morgan fingerprint density at radius 3 is 2.18 bits per heavy atom. The van der Waals surface area contributed by atoms with Gasteiger partial charge in [0.25, 0.3) is 11.8 Å². The molecular weight excluding hydrogens is 410 g/mol. The highest BCUT2D eigenvalue weighted by Crippen LogP contribution is 2.36. The number of carbonyl (C=O) groups is 2. The molecule has 0 radical (unpaired) electrons. The molecule has 0 bridgehead atoms. The number of anilines is 2. The summed E-state index contributed by atoms with van der Waals surface area (Å²) < 4.78 is 0. The summed E-state index contributed by atoms with van der Waals surface area (Å²) in [6.07, 6.45) is 2.34. The Morgan fingerprint density at radius 1 is 0.879 bits per heavy atom. The molecule has 0 aliphatic carbocycles. The first kappa shape index (κ1) is 22.6. The zero-order chi connectivity index (χ0) is 23.4. The van der Waals surface area contributed by atoms with E-state index in [1.54, 1.807) is 6.07 Å². The maximum atomic E-state index is 13.3. The molecule has 1 aliphatic heterocycles. The van der Waals surface area contributed by atoms with E-state index >= 15 is 0 Å². The topological polar surface area (TPSA) is 61.4 Å². The zero-order valence-electron chi connectivity index (χ0n) is 19.5. The highest BCUT2D eigenvalue weighted by molar-refractivity contribution is 6.07. The SMILES string of the molecule is CCCN1C(=O)c2cc(C(=O)Nc3ccccc3CC)ccc2[C@@H]1Nc1ccccc1CC. The number of amides is 2. The lowest BCUT2D eigenvalue weighted by atomic mass is 10.0. The standard InChI is InChI=1S/C28H31N3O2/c1-4-17-31-26(29-24-13-9-7-11-19(24)5-2)22-16-15-21(18-23(22)28(31)33)27(32)30-25-14-10-8-12-20(25)6-3/h7-16,18,26,29H,4-6,17H2,1-3H3,(H,30,32)/t26-/m1/s1. The molecule has 5 nitrogen and oxygen atoms in total. The smallest absolute Gasteiger partial charge is 0.256 e. The number of aryl methyl sites for hydroxylation is 2. The van der Waals surface area contributed by atoms with Gasteiger partial charge >= 0.3 is 0 Å². The van der Waals surface area contributed by atoms with Crippen LogP contribution in [0.3, 0.4) is 0 Å². The summed E-state index contributed by atoms with van der Waals surface area (Å²) in [4.78, 5) is 28.2. The third-order valence-corrected chi connectivity index (χ3v) is 6.21. The van der Waals surface area contributed by atoms with Crippen LogP contribution in [0.2, 0.25) is 0 Å². The Morgan fingerprint density at radius 2 is 1.52 bits per heavy atom. The van der Waals surface area contributed by atoms with E-state index in [0.717, 1.165) is 41.8 Å². The van der Waals surface area contributed by atoms with Crippen LogP contribution in [0.4, 0.5) is 11.4 Å². The van der Waals surface area contributed by atoms with Crippen molar-refractivity contribution in [3.05, 3.63) is 94.5 Å². The van der Waals surface area contributed by atoms with Gasteiger partial charge in [0.15, 0.2) is 0 Å². The summed E-state index contributed by atoms with van der Waals surface area (Å²) >= 11 is 0. The quantitative estimate of drug-likeness (QED) is 0.448. The first-order valence-corrected chi connectivity index (χ1v) is 11.8. The average molecular weight is 442 g/mol. The fourth-order valence-electron chi connectivity index (χ4n) is 4.45. The molecule has 0 aromatic heterocycles. The predicted octanol–water partition coefficient (Wildman–Crippen LogP) is 6.04. The van der Waals surface area contributed by atoms with Gasteiger partial charge < -0.3 is 15.5 Å². The number of fused-ring (bicyclic) bond motifs is 1. The second-order valence-electron chi connectivity index (χ2n) is 8.32. The Bertz CT molecular complexity index is 1170. The van der Waals surface area contributed by atoms with Crippen LogP contribution in [0, 0.1) is 0 Å². The highest BCUT2D eigenvalue weighted by Gasteiger charge is 2.37. The second-order valence-corrected chi connectivity index (χ2v) is 8.32. The number of nitrogens with zero attached hydrogens (tertiary/aromatic N) is 1. The fraction of sp³-hybridized carbons (Fsp3) is 0.286. The van der Waals surface area contributed by atoms with Crippen molar-refractivity contribution in [1.82, 2.24) is 4.90 Å². The summed E-state index contributed by atoms with van der Waals surface area (Å²) in [5.74, 6) is -0.247. The minimum Gasteiger partial charge on any atom is -0.361 e. The minimum atomic E-state index is -0.252. The van der Waals surface area contributed by atoms with Gasteiger partial charge in [-0.2, -0.15) is 0 Å². The molecule has 5 heteroatoms. The summed E-state index contributed by atoms with van der Waals surface area (Å²) in [6.45, 7) is 6.90. The number of rotatable bonds is 8. The molecule has 4 rings (SSSR count). The maximum absolute atomic E-state index is 13.3. The lowest BCUT2D eigenvalue weighted by Gasteiger charge is -2.27. The molecule has 3 aromatic carbocycles. The van der Waals surface area contributed by atoms with E-state index in [4.69, 9.17) is 0 Å². The first-order valence-electron chi connectivity index (χ1n) is 11.8. The van der Waals surface area contributed by atoms with E-state index in [9.17, 15) is 9.59 Å². The van der Waals surface area contributed by atoms with Crippen LogP contribution in [-0.2, 0) is 12.8 Å². The fourth-order valence-corrected chi connectivity index (χ4v) is 4.45. The summed E-state index contributed by atoms with van der Waals surface area (Å²) in [6, 6.07) is 21.4. The van der Waals surface area contributed by atoms with Gasteiger partial charge in [0.05, 0.1) is 0 Å². The molecule has 0 saturated carbocycles. The number of carbonyl (C=O) groups excluding carboxylic acids is 2. The van der Waals surface area contributed by atoms with E-state index in [-0.39, 0.29) is 18.0 Å². The lowest BCUT2D eigenvalue weighted by molar-refractivity contribution is 0.0743. The monoisotopic (exact) mass is 441 g/mol. The van der Waals surface area contributed by atoms with Crippen molar-refractivity contribution in [1.29, 1.82) is 0 Å². The predicted molar refractivity (Wildman–Crippen MR) is 134 cm³/mol. The van der Waals surface area contributed by atoms with Gasteiger partial charge in [-0.05, 0) is 54.7 Å². The van der Waals surface area contributed by atoms with Crippen molar-refractivity contribution in [2.75, 3.05) is 17.2 Å². The molecule has 1 aliphatic rings. The van der Waals surface area contributed by atoms with E-state index in [1.807, 2.05) is 53.4 Å². The van der Waals surface area contributed by atoms with Gasteiger partial charge in [0.2, 0.25) is 0 Å². The molecule has 2 amide bonds. The molecule has 0 fully saturated rings. The second kappa shape index (κ2) is 9.90. The third kappa shape index (κ3) is 4.49. The largest absolute Gasteiger partial charge is 0.361 e. The molecule has 3 aromatic rings. The number of nitrogens with one attached hydrogen (secondary N) is 2. The van der Waals surface area contributed by atoms with E-state index in [0.29, 0.717) is 17.7 Å². The van der Waals surface area contributed by atoms with Gasteiger partial charge in [0.1, 0.15) is 6.17 Å². The normalized spacial score (nSPS) is 14.8. The molecule has 1 heterocycles. The Labute approximate surface area is 195 Å². The van der Waals surface area contributed by atoms with Crippen LogP contribution in [0.25, 0.3) is 0 Å². The van der Waals surface area contributed by atoms with Crippen LogP contribution >= 0.6 is 0 Å². The van der Waals surface area contributed by atoms with E-state index in [1.165, 1.54) is 5.56 Å². The molecule has 1 atom stereocenters. The number of para-hydroxylation sites is 2. The summed E-state index contributed by atoms with van der Waals surface area (Å²) in [7, 11) is 0. The molecular formula is C28H31N3O2. The van der Waals surface area contributed by atoms with Crippen LogP contribution in [0.5, 0.6) is 0 Å². The zero-order valence-corrected chi connectivity index (χ0v) is 19.5. The number of hydrogen-bond acceptors (Lipinski definition) is 3. The molecule has 0 unspecified atom stereocenters. The Hall–Kier alpha value is -3.60. The first-order chi connectivity index (χ1) is 16.1. The van der Waals surface area contributed by atoms with Gasteiger partial charge in [-0.1, -0.05) is 63.2 Å². The highest BCUT2D eigenvalue weighted by atomic mass is 16.2. The van der Waals surface area contributed by atoms with Crippen LogP contribution in [-0.4, -0.2) is 23.3 Å². The molecule has 0 spiro atoms. The van der Waals surface area contributed by atoms with E-state index < -0.39 is 0 Å². The number of benzene rings is 3. The van der Waals surface area contributed by atoms with Gasteiger partial charge in [-0.25, -0.2) is 0 Å². The lowest BCUT2D eigenvalue weighted by Crippen LogP contribution is -2.33. The maximum Gasteiger partial charge on any atom is 0.256 e. The third-order valence-electron chi connectivity index (χ3n) is 6.21. The van der Waals surface area contributed by atoms with Crippen molar-refractivity contribution < 1.29 is 9.59 Å². The van der Waals surface area contributed by atoms with Gasteiger partial charge in [-0.15, -0.1) is 0 Å². The van der Waals surface area contributed by atoms with Crippen molar-refractivity contribution in [3.8, 4) is 0 Å². The summed E-state index contributed by atoms with van der Waals surface area (Å²) in [5.41, 5.74) is 6.11. The van der Waals surface area contributed by atoms with Crippen LogP contribution in [0.1, 0.15) is 70.8 Å². The molecule has 170 valence electrons. The minimum absolute atomic E-state index is 0.0399. The Balaban J connectivity index is 1.64. The average Bonchev–Trinajstić information content (AvgIpc) is 3.10.